The molecule has 0 aliphatic carbocycles. The maximum Gasteiger partial charge on any atom is 0.0900 e. The highest BCUT2D eigenvalue weighted by atomic mass is 32.1. The van der Waals surface area contributed by atoms with Crippen LogP contribution in [0.25, 0.3) is 52.7 Å². The number of hydrogen-bond acceptors (Lipinski definition) is 6. The van der Waals surface area contributed by atoms with Crippen LogP contribution in [0.3, 0.4) is 0 Å². The van der Waals surface area contributed by atoms with Crippen LogP contribution in [0.5, 0.6) is 0 Å². The van der Waals surface area contributed by atoms with E-state index in [1.54, 1.807) is 0 Å². The molecule has 6 aromatic rings. The highest BCUT2D eigenvalue weighted by Gasteiger charge is 2.26. The van der Waals surface area contributed by atoms with E-state index < -0.39 is 0 Å². The van der Waals surface area contributed by atoms with Gasteiger partial charge in [0.15, 0.2) is 0 Å². The summed E-state index contributed by atoms with van der Waals surface area (Å²) in [5.41, 5.74) is 7.43. The molecule has 0 aromatic carbocycles. The SMILES string of the molecule is CC(C)(C)c1ccsc1-c1ccc(-c2sc(-c3cc(-c4ccccn4)nc(-c4ccccn4)c3)cc2C(C)(C)C)s1. The Kier molecular flexibility index (Phi) is 7.26. The molecule has 206 valence electrons. The Morgan fingerprint density at radius 3 is 1.66 bits per heavy atom. The summed E-state index contributed by atoms with van der Waals surface area (Å²) in [7, 11) is 0. The summed E-state index contributed by atoms with van der Waals surface area (Å²) in [6.07, 6.45) is 3.64. The maximum atomic E-state index is 4.98. The molecule has 0 unspecified atom stereocenters. The van der Waals surface area contributed by atoms with Crippen LogP contribution < -0.4 is 0 Å². The van der Waals surface area contributed by atoms with Gasteiger partial charge in [-0.2, -0.15) is 0 Å². The highest BCUT2D eigenvalue weighted by molar-refractivity contribution is 7.27. The van der Waals surface area contributed by atoms with Crippen molar-refractivity contribution < 1.29 is 0 Å². The molecule has 41 heavy (non-hydrogen) atoms. The Labute approximate surface area is 254 Å². The maximum absolute atomic E-state index is 4.98. The van der Waals surface area contributed by atoms with Crippen molar-refractivity contribution in [3.8, 4) is 52.7 Å². The monoisotopic (exact) mass is 591 g/mol. The van der Waals surface area contributed by atoms with Crippen molar-refractivity contribution in [2.45, 2.75) is 52.4 Å². The molecule has 0 saturated carbocycles. The molecule has 6 rings (SSSR count). The summed E-state index contributed by atoms with van der Waals surface area (Å²) in [6, 6.07) is 25.5. The van der Waals surface area contributed by atoms with Crippen LogP contribution in [0.4, 0.5) is 0 Å². The second-order valence-corrected chi connectivity index (χ2v) is 15.3. The van der Waals surface area contributed by atoms with E-state index >= 15 is 0 Å². The zero-order valence-electron chi connectivity index (χ0n) is 24.2. The average Bonchev–Trinajstić information content (AvgIpc) is 3.72. The molecule has 0 fully saturated rings. The molecule has 0 spiro atoms. The molecular weight excluding hydrogens is 559 g/mol. The van der Waals surface area contributed by atoms with E-state index in [9.17, 15) is 0 Å². The lowest BCUT2D eigenvalue weighted by Crippen LogP contribution is -2.10. The molecule has 0 aliphatic rings. The van der Waals surface area contributed by atoms with E-state index in [1.807, 2.05) is 82.8 Å². The van der Waals surface area contributed by atoms with Crippen molar-refractivity contribution in [3.05, 3.63) is 102 Å². The molecule has 0 aliphatic heterocycles. The van der Waals surface area contributed by atoms with Gasteiger partial charge >= 0.3 is 0 Å². The topological polar surface area (TPSA) is 38.7 Å². The van der Waals surface area contributed by atoms with Crippen LogP contribution in [0, 0.1) is 0 Å². The molecular formula is C35H33N3S3. The van der Waals surface area contributed by atoms with Gasteiger partial charge in [0, 0.05) is 36.8 Å². The summed E-state index contributed by atoms with van der Waals surface area (Å²) in [5.74, 6) is 0. The van der Waals surface area contributed by atoms with E-state index in [0.29, 0.717) is 0 Å². The summed E-state index contributed by atoms with van der Waals surface area (Å²) in [4.78, 5) is 20.8. The molecule has 0 atom stereocenters. The van der Waals surface area contributed by atoms with Gasteiger partial charge in [-0.3, -0.25) is 9.97 Å². The Morgan fingerprint density at radius 1 is 0.537 bits per heavy atom. The third kappa shape index (κ3) is 5.69. The van der Waals surface area contributed by atoms with Crippen LogP contribution in [0.15, 0.2) is 90.6 Å². The molecule has 0 bridgehead atoms. The van der Waals surface area contributed by atoms with Gasteiger partial charge < -0.3 is 0 Å². The highest BCUT2D eigenvalue weighted by Crippen LogP contribution is 2.49. The first kappa shape index (κ1) is 27.7. The van der Waals surface area contributed by atoms with Gasteiger partial charge in [0.1, 0.15) is 0 Å². The molecule has 0 N–H and O–H groups in total. The first-order valence-electron chi connectivity index (χ1n) is 13.8. The predicted octanol–water partition coefficient (Wildman–Crippen LogP) is 11.0. The average molecular weight is 592 g/mol. The van der Waals surface area contributed by atoms with Gasteiger partial charge in [-0.25, -0.2) is 4.98 Å². The third-order valence-corrected chi connectivity index (χ3v) is 10.6. The van der Waals surface area contributed by atoms with Crippen LogP contribution in [0.2, 0.25) is 0 Å². The largest absolute Gasteiger partial charge is 0.255 e. The minimum Gasteiger partial charge on any atom is -0.255 e. The summed E-state index contributed by atoms with van der Waals surface area (Å²) >= 11 is 5.61. The van der Waals surface area contributed by atoms with Gasteiger partial charge in [0.2, 0.25) is 0 Å². The standard InChI is InChI=1S/C35H33N3S3/c1-34(2,3)23-15-18-39-32(23)29-13-14-30(40-29)33-24(35(4,5)6)21-31(41-33)22-19-27(25-11-7-9-16-36-25)38-28(20-22)26-12-8-10-17-37-26/h7-21H,1-6H3. The van der Waals surface area contributed by atoms with Crippen molar-refractivity contribution in [1.29, 1.82) is 0 Å². The Hall–Kier alpha value is -3.45. The van der Waals surface area contributed by atoms with Crippen molar-refractivity contribution >= 4 is 34.0 Å². The fourth-order valence-corrected chi connectivity index (χ4v) is 8.65. The molecule has 0 amide bonds. The molecule has 0 radical (unpaired) electrons. The van der Waals surface area contributed by atoms with Gasteiger partial charge in [-0.15, -0.1) is 34.0 Å². The molecule has 6 heterocycles. The molecule has 6 heteroatoms. The van der Waals surface area contributed by atoms with Crippen molar-refractivity contribution in [2.24, 2.45) is 0 Å². The lowest BCUT2D eigenvalue weighted by Gasteiger charge is -2.19. The van der Waals surface area contributed by atoms with E-state index in [2.05, 4.69) is 93.3 Å². The smallest absolute Gasteiger partial charge is 0.0900 e. The summed E-state index contributed by atoms with van der Waals surface area (Å²) < 4.78 is 0. The van der Waals surface area contributed by atoms with Crippen LogP contribution in [-0.2, 0) is 10.8 Å². The Bertz CT molecular complexity index is 1740. The van der Waals surface area contributed by atoms with Crippen molar-refractivity contribution in [2.75, 3.05) is 0 Å². The van der Waals surface area contributed by atoms with Crippen LogP contribution >= 0.6 is 34.0 Å². The van der Waals surface area contributed by atoms with Gasteiger partial charge in [0.25, 0.3) is 0 Å². The van der Waals surface area contributed by atoms with Crippen LogP contribution in [-0.4, -0.2) is 15.0 Å². The first-order chi connectivity index (χ1) is 19.6. The molecule has 6 aromatic heterocycles. The van der Waals surface area contributed by atoms with E-state index in [1.165, 1.54) is 35.5 Å². The number of aromatic nitrogens is 3. The predicted molar refractivity (Wildman–Crippen MR) is 178 cm³/mol. The number of pyridine rings is 3. The van der Waals surface area contributed by atoms with E-state index in [0.717, 1.165) is 28.3 Å². The lowest BCUT2D eigenvalue weighted by molar-refractivity contribution is 0.594. The normalized spacial score (nSPS) is 12.1. The fraction of sp³-hybridized carbons (Fsp3) is 0.229. The molecule has 0 saturated heterocycles. The number of rotatable bonds is 5. The van der Waals surface area contributed by atoms with Gasteiger partial charge in [-0.05, 0) is 93.6 Å². The van der Waals surface area contributed by atoms with Crippen molar-refractivity contribution in [1.82, 2.24) is 15.0 Å². The summed E-state index contributed by atoms with van der Waals surface area (Å²) in [5, 5.41) is 2.22. The minimum atomic E-state index is -0.00556. The van der Waals surface area contributed by atoms with Crippen LogP contribution in [0.1, 0.15) is 52.7 Å². The zero-order chi connectivity index (χ0) is 28.8. The number of hydrogen-bond donors (Lipinski definition) is 0. The summed E-state index contributed by atoms with van der Waals surface area (Å²) in [6.45, 7) is 13.8. The number of thiophene rings is 3. The Balaban J connectivity index is 1.49. The van der Waals surface area contributed by atoms with Gasteiger partial charge in [-0.1, -0.05) is 53.7 Å². The second-order valence-electron chi connectivity index (χ2n) is 12.2. The van der Waals surface area contributed by atoms with Gasteiger partial charge in [0.05, 0.1) is 22.8 Å². The lowest BCUT2D eigenvalue weighted by atomic mass is 9.86. The minimum absolute atomic E-state index is 0.00556. The number of nitrogens with zero attached hydrogens (tertiary/aromatic N) is 3. The quantitative estimate of drug-likeness (QED) is 0.200. The third-order valence-electron chi connectivity index (χ3n) is 7.03. The van der Waals surface area contributed by atoms with E-state index in [-0.39, 0.29) is 10.8 Å². The van der Waals surface area contributed by atoms with Crippen molar-refractivity contribution in [3.63, 3.8) is 0 Å². The van der Waals surface area contributed by atoms with E-state index in [4.69, 9.17) is 4.98 Å². The second kappa shape index (κ2) is 10.8. The molecule has 3 nitrogen and oxygen atoms in total. The fourth-order valence-electron chi connectivity index (χ4n) is 4.91. The zero-order valence-corrected chi connectivity index (χ0v) is 26.7. The first-order valence-corrected chi connectivity index (χ1v) is 16.3. The Morgan fingerprint density at radius 2 is 1.12 bits per heavy atom.